The maximum absolute atomic E-state index is 12.6. The third kappa shape index (κ3) is 3.99. The Hall–Kier alpha value is -1.79. The highest BCUT2D eigenvalue weighted by atomic mass is 35.5. The molecule has 7 heteroatoms. The molecule has 0 atom stereocenters. The molecule has 0 aliphatic carbocycles. The van der Waals surface area contributed by atoms with E-state index in [1.165, 1.54) is 0 Å². The zero-order chi connectivity index (χ0) is 17.2. The van der Waals surface area contributed by atoms with Gasteiger partial charge in [-0.2, -0.15) is 0 Å². The van der Waals surface area contributed by atoms with Gasteiger partial charge in [0.15, 0.2) is 0 Å². The molecule has 1 heterocycles. The number of carbonyl (C=O) groups excluding carboxylic acids is 1. The lowest BCUT2D eigenvalue weighted by Crippen LogP contribution is -2.42. The molecule has 2 aromatic rings. The van der Waals surface area contributed by atoms with Crippen molar-refractivity contribution < 1.29 is 4.79 Å². The highest BCUT2D eigenvalue weighted by molar-refractivity contribution is 5.85. The van der Waals surface area contributed by atoms with Crippen LogP contribution in [-0.4, -0.2) is 40.1 Å². The molecule has 24 heavy (non-hydrogen) atoms. The lowest BCUT2D eigenvalue weighted by molar-refractivity contribution is -0.131. The Kier molecular flexibility index (Phi) is 6.63. The number of hydrogen-bond acceptors (Lipinski definition) is 3. The number of likely N-dealkylation sites (N-methyl/N-ethyl adjacent to an activating group) is 1. The third-order valence-corrected chi connectivity index (χ3v) is 4.18. The molecular formula is C17H27ClN4O2. The second-order valence-electron chi connectivity index (χ2n) is 6.72. The van der Waals surface area contributed by atoms with E-state index < -0.39 is 0 Å². The minimum absolute atomic E-state index is 0. The van der Waals surface area contributed by atoms with Crippen molar-refractivity contribution in [3.05, 3.63) is 34.7 Å². The van der Waals surface area contributed by atoms with Crippen LogP contribution in [0.3, 0.4) is 0 Å². The van der Waals surface area contributed by atoms with Gasteiger partial charge in [0.25, 0.3) is 0 Å². The third-order valence-electron chi connectivity index (χ3n) is 4.18. The molecule has 0 unspecified atom stereocenters. The Balaban J connectivity index is 0.00000288. The van der Waals surface area contributed by atoms with E-state index in [1.54, 1.807) is 21.1 Å². The quantitative estimate of drug-likeness (QED) is 0.857. The molecule has 0 radical (unpaired) electrons. The number of amides is 1. The molecule has 1 amide bonds. The van der Waals surface area contributed by atoms with Gasteiger partial charge >= 0.3 is 5.69 Å². The van der Waals surface area contributed by atoms with Crippen molar-refractivity contribution in [1.82, 2.24) is 14.0 Å². The lowest BCUT2D eigenvalue weighted by atomic mass is 9.93. The topological polar surface area (TPSA) is 73.3 Å². The predicted octanol–water partition coefficient (Wildman–Crippen LogP) is 1.69. The molecule has 2 rings (SSSR count). The van der Waals surface area contributed by atoms with Crippen LogP contribution < -0.4 is 11.4 Å². The van der Waals surface area contributed by atoms with Gasteiger partial charge in [-0.25, -0.2) is 4.79 Å². The highest BCUT2D eigenvalue weighted by Crippen LogP contribution is 2.15. The molecule has 0 bridgehead atoms. The number of benzene rings is 1. The van der Waals surface area contributed by atoms with Crippen LogP contribution in [0.2, 0.25) is 0 Å². The van der Waals surface area contributed by atoms with Crippen molar-refractivity contribution in [2.75, 3.05) is 20.1 Å². The predicted molar refractivity (Wildman–Crippen MR) is 99.6 cm³/mol. The van der Waals surface area contributed by atoms with Gasteiger partial charge in [0, 0.05) is 20.1 Å². The minimum Gasteiger partial charge on any atom is -0.344 e. The van der Waals surface area contributed by atoms with Crippen LogP contribution in [-0.2, 0) is 17.9 Å². The van der Waals surface area contributed by atoms with Gasteiger partial charge in [-0.15, -0.1) is 12.4 Å². The van der Waals surface area contributed by atoms with Gasteiger partial charge in [-0.05, 0) is 31.0 Å². The van der Waals surface area contributed by atoms with Crippen LogP contribution in [0.5, 0.6) is 0 Å². The average molecular weight is 355 g/mol. The first-order valence-electron chi connectivity index (χ1n) is 7.93. The van der Waals surface area contributed by atoms with E-state index in [1.807, 2.05) is 45.0 Å². The number of rotatable bonds is 6. The van der Waals surface area contributed by atoms with Gasteiger partial charge < -0.3 is 10.6 Å². The summed E-state index contributed by atoms with van der Waals surface area (Å²) >= 11 is 0. The summed E-state index contributed by atoms with van der Waals surface area (Å²) in [5.74, 6) is -0.0902. The first-order chi connectivity index (χ1) is 10.8. The van der Waals surface area contributed by atoms with Gasteiger partial charge in [0.2, 0.25) is 5.91 Å². The fraction of sp³-hybridized carbons (Fsp3) is 0.529. The number of hydrogen-bond donors (Lipinski definition) is 1. The number of aromatic nitrogens is 2. The van der Waals surface area contributed by atoms with E-state index >= 15 is 0 Å². The van der Waals surface area contributed by atoms with Gasteiger partial charge in [-0.3, -0.25) is 13.9 Å². The van der Waals surface area contributed by atoms with E-state index in [0.29, 0.717) is 19.6 Å². The van der Waals surface area contributed by atoms with Crippen LogP contribution in [0.4, 0.5) is 0 Å². The fourth-order valence-electron chi connectivity index (χ4n) is 2.78. The number of para-hydroxylation sites is 2. The number of imidazole rings is 1. The van der Waals surface area contributed by atoms with E-state index in [2.05, 4.69) is 0 Å². The molecule has 0 fully saturated rings. The molecular weight excluding hydrogens is 328 g/mol. The number of nitrogens with zero attached hydrogens (tertiary/aromatic N) is 3. The number of fused-ring (bicyclic) bond motifs is 1. The zero-order valence-electron chi connectivity index (χ0n) is 14.8. The molecule has 1 aromatic carbocycles. The molecule has 2 N–H and O–H groups in total. The van der Waals surface area contributed by atoms with Crippen LogP contribution >= 0.6 is 12.4 Å². The summed E-state index contributed by atoms with van der Waals surface area (Å²) in [7, 11) is 1.75. The van der Waals surface area contributed by atoms with E-state index in [0.717, 1.165) is 11.0 Å². The van der Waals surface area contributed by atoms with Crippen molar-refractivity contribution in [3.63, 3.8) is 0 Å². The average Bonchev–Trinajstić information content (AvgIpc) is 2.79. The summed E-state index contributed by atoms with van der Waals surface area (Å²) in [6.45, 7) is 7.65. The zero-order valence-corrected chi connectivity index (χ0v) is 15.6. The normalized spacial score (nSPS) is 11.4. The van der Waals surface area contributed by atoms with Crippen LogP contribution in [0, 0.1) is 5.41 Å². The molecule has 6 nitrogen and oxygen atoms in total. The number of aryl methyl sites for hydroxylation is 1. The number of nitrogens with two attached hydrogens (primary N) is 1. The summed E-state index contributed by atoms with van der Waals surface area (Å²) in [4.78, 5) is 26.7. The second-order valence-corrected chi connectivity index (χ2v) is 6.72. The van der Waals surface area contributed by atoms with Crippen molar-refractivity contribution in [2.24, 2.45) is 11.1 Å². The standard InChI is InChI=1S/C17H26N4O2.ClH/c1-5-20-13-8-6-7-9-14(13)21(16(20)23)10-15(22)19(4)12-17(2,3)11-18;/h6-9H,5,10-12,18H2,1-4H3;1H. The van der Waals surface area contributed by atoms with Crippen molar-refractivity contribution in [3.8, 4) is 0 Å². The number of halogens is 1. The SMILES string of the molecule is CCn1c(=O)n(CC(=O)N(C)CC(C)(C)CN)c2ccccc21.Cl. The molecule has 134 valence electrons. The summed E-state index contributed by atoms with van der Waals surface area (Å²) in [5.41, 5.74) is 7.09. The molecule has 0 aliphatic rings. The van der Waals surface area contributed by atoms with Crippen molar-refractivity contribution in [2.45, 2.75) is 33.9 Å². The largest absolute Gasteiger partial charge is 0.344 e. The summed E-state index contributed by atoms with van der Waals surface area (Å²) in [5, 5.41) is 0. The van der Waals surface area contributed by atoms with E-state index in [-0.39, 0.29) is 36.0 Å². The van der Waals surface area contributed by atoms with Gasteiger partial charge in [0.1, 0.15) is 6.54 Å². The van der Waals surface area contributed by atoms with Crippen molar-refractivity contribution in [1.29, 1.82) is 0 Å². The molecule has 0 saturated carbocycles. The summed E-state index contributed by atoms with van der Waals surface area (Å²) < 4.78 is 3.24. The van der Waals surface area contributed by atoms with Gasteiger partial charge in [-0.1, -0.05) is 26.0 Å². The van der Waals surface area contributed by atoms with E-state index in [9.17, 15) is 9.59 Å². The van der Waals surface area contributed by atoms with Crippen molar-refractivity contribution >= 4 is 29.3 Å². The lowest BCUT2D eigenvalue weighted by Gasteiger charge is -2.29. The maximum atomic E-state index is 12.6. The van der Waals surface area contributed by atoms with Crippen LogP contribution in [0.1, 0.15) is 20.8 Å². The second kappa shape index (κ2) is 7.85. The molecule has 0 aliphatic heterocycles. The summed E-state index contributed by atoms with van der Waals surface area (Å²) in [6.07, 6.45) is 0. The Labute approximate surface area is 148 Å². The Bertz CT molecular complexity index is 764. The smallest absolute Gasteiger partial charge is 0.329 e. The molecule has 1 aromatic heterocycles. The molecule has 0 saturated heterocycles. The maximum Gasteiger partial charge on any atom is 0.329 e. The van der Waals surface area contributed by atoms with E-state index in [4.69, 9.17) is 5.73 Å². The number of carbonyl (C=O) groups is 1. The Morgan fingerprint density at radius 2 is 1.75 bits per heavy atom. The fourth-order valence-corrected chi connectivity index (χ4v) is 2.78. The monoisotopic (exact) mass is 354 g/mol. The Morgan fingerprint density at radius 3 is 2.25 bits per heavy atom. The van der Waals surface area contributed by atoms with Crippen LogP contribution in [0.15, 0.2) is 29.1 Å². The first-order valence-corrected chi connectivity index (χ1v) is 7.93. The van der Waals surface area contributed by atoms with Crippen LogP contribution in [0.25, 0.3) is 11.0 Å². The first kappa shape index (κ1) is 20.3. The summed E-state index contributed by atoms with van der Waals surface area (Å²) in [6, 6.07) is 7.56. The highest BCUT2D eigenvalue weighted by Gasteiger charge is 2.22. The Morgan fingerprint density at radius 1 is 1.21 bits per heavy atom. The van der Waals surface area contributed by atoms with Gasteiger partial charge in [0.05, 0.1) is 11.0 Å². The minimum atomic E-state index is -0.146. The molecule has 0 spiro atoms.